The second-order valence-electron chi connectivity index (χ2n) is 4.48. The number of anilines is 1. The molecule has 6 nitrogen and oxygen atoms in total. The molecule has 2 N–H and O–H groups in total. The molecule has 0 saturated heterocycles. The molecule has 114 valence electrons. The van der Waals surface area contributed by atoms with Crippen molar-refractivity contribution in [2.45, 2.75) is 13.5 Å². The summed E-state index contributed by atoms with van der Waals surface area (Å²) in [5, 5.41) is 4.39. The number of benzene rings is 1. The molecule has 0 fully saturated rings. The number of methoxy groups -OCH3 is 3. The van der Waals surface area contributed by atoms with Gasteiger partial charge >= 0.3 is 0 Å². The van der Waals surface area contributed by atoms with Gasteiger partial charge in [-0.1, -0.05) is 0 Å². The fourth-order valence-corrected chi connectivity index (χ4v) is 2.38. The molecule has 0 amide bonds. The number of nitrogens with two attached hydrogens (primary N) is 1. The van der Waals surface area contributed by atoms with Gasteiger partial charge in [-0.05, 0) is 40.5 Å². The molecule has 0 spiro atoms. The van der Waals surface area contributed by atoms with Gasteiger partial charge in [-0.2, -0.15) is 5.10 Å². The van der Waals surface area contributed by atoms with Gasteiger partial charge in [0, 0.05) is 0 Å². The fourth-order valence-electron chi connectivity index (χ4n) is 2.10. The average Bonchev–Trinajstić information content (AvgIpc) is 2.73. The van der Waals surface area contributed by atoms with Crippen LogP contribution in [0.3, 0.4) is 0 Å². The molecule has 0 radical (unpaired) electrons. The minimum absolute atomic E-state index is 0.509. The maximum absolute atomic E-state index is 6.01. The van der Waals surface area contributed by atoms with Gasteiger partial charge in [0.25, 0.3) is 0 Å². The van der Waals surface area contributed by atoms with Crippen molar-refractivity contribution in [2.75, 3.05) is 27.1 Å². The third-order valence-corrected chi connectivity index (χ3v) is 4.13. The molecule has 0 saturated carbocycles. The van der Waals surface area contributed by atoms with Gasteiger partial charge in [-0.15, -0.1) is 0 Å². The van der Waals surface area contributed by atoms with Crippen LogP contribution in [0.2, 0.25) is 0 Å². The Kier molecular flexibility index (Phi) is 4.62. The highest BCUT2D eigenvalue weighted by molar-refractivity contribution is 9.10. The summed E-state index contributed by atoms with van der Waals surface area (Å²) in [4.78, 5) is 0. The summed E-state index contributed by atoms with van der Waals surface area (Å²) in [6, 6.07) is 3.76. The SMILES string of the molecule is COc1cc(Cn2nc(C)c(Br)c2N)cc(OC)c1OC. The Morgan fingerprint density at radius 2 is 1.71 bits per heavy atom. The summed E-state index contributed by atoms with van der Waals surface area (Å²) >= 11 is 3.41. The monoisotopic (exact) mass is 355 g/mol. The standard InChI is InChI=1S/C14H18BrN3O3/c1-8-12(15)14(16)18(17-8)7-9-5-10(19-2)13(21-4)11(6-9)20-3/h5-6H,7,16H2,1-4H3. The highest BCUT2D eigenvalue weighted by atomic mass is 79.9. The van der Waals surface area contributed by atoms with Crippen molar-refractivity contribution in [1.29, 1.82) is 0 Å². The number of nitrogens with zero attached hydrogens (tertiary/aromatic N) is 2. The summed E-state index contributed by atoms with van der Waals surface area (Å²) in [5.74, 6) is 2.36. The average molecular weight is 356 g/mol. The highest BCUT2D eigenvalue weighted by Gasteiger charge is 2.15. The molecule has 21 heavy (non-hydrogen) atoms. The van der Waals surface area contributed by atoms with Gasteiger partial charge in [0.15, 0.2) is 11.5 Å². The molecule has 1 aromatic carbocycles. The molecule has 0 atom stereocenters. The first-order chi connectivity index (χ1) is 10.0. The van der Waals surface area contributed by atoms with Crippen LogP contribution in [0.1, 0.15) is 11.3 Å². The van der Waals surface area contributed by atoms with E-state index in [4.69, 9.17) is 19.9 Å². The summed E-state index contributed by atoms with van der Waals surface area (Å²) < 4.78 is 18.5. The van der Waals surface area contributed by atoms with E-state index < -0.39 is 0 Å². The Balaban J connectivity index is 2.42. The highest BCUT2D eigenvalue weighted by Crippen LogP contribution is 2.38. The first-order valence-electron chi connectivity index (χ1n) is 6.29. The number of hydrogen-bond donors (Lipinski definition) is 1. The van der Waals surface area contributed by atoms with E-state index >= 15 is 0 Å². The van der Waals surface area contributed by atoms with Gasteiger partial charge < -0.3 is 19.9 Å². The van der Waals surface area contributed by atoms with Crippen LogP contribution in [0.5, 0.6) is 17.2 Å². The van der Waals surface area contributed by atoms with Crippen molar-refractivity contribution in [1.82, 2.24) is 9.78 Å². The largest absolute Gasteiger partial charge is 0.493 e. The van der Waals surface area contributed by atoms with Crippen molar-refractivity contribution in [3.05, 3.63) is 27.9 Å². The zero-order chi connectivity index (χ0) is 15.6. The van der Waals surface area contributed by atoms with E-state index in [1.165, 1.54) is 0 Å². The van der Waals surface area contributed by atoms with Crippen LogP contribution < -0.4 is 19.9 Å². The van der Waals surface area contributed by atoms with Crippen LogP contribution >= 0.6 is 15.9 Å². The third kappa shape index (κ3) is 2.92. The minimum Gasteiger partial charge on any atom is -0.493 e. The minimum atomic E-state index is 0.509. The Hall–Kier alpha value is -1.89. The maximum Gasteiger partial charge on any atom is 0.203 e. The van der Waals surface area contributed by atoms with Crippen LogP contribution in [0, 0.1) is 6.92 Å². The predicted molar refractivity (Wildman–Crippen MR) is 84.3 cm³/mol. The molecule has 7 heteroatoms. The summed E-state index contributed by atoms with van der Waals surface area (Å²) in [5.41, 5.74) is 7.81. The molecule has 0 aliphatic carbocycles. The Morgan fingerprint density at radius 3 is 2.10 bits per heavy atom. The first kappa shape index (κ1) is 15.5. The van der Waals surface area contributed by atoms with Gasteiger partial charge in [0.05, 0.1) is 38.0 Å². The predicted octanol–water partition coefficient (Wildman–Crippen LogP) is 2.61. The molecule has 1 heterocycles. The number of hydrogen-bond acceptors (Lipinski definition) is 5. The number of ether oxygens (including phenoxy) is 3. The van der Waals surface area contributed by atoms with Crippen LogP contribution in [0.4, 0.5) is 5.82 Å². The summed E-state index contributed by atoms with van der Waals surface area (Å²) in [7, 11) is 4.75. The van der Waals surface area contributed by atoms with Gasteiger partial charge in [-0.3, -0.25) is 0 Å². The second-order valence-corrected chi connectivity index (χ2v) is 5.27. The lowest BCUT2D eigenvalue weighted by Gasteiger charge is -2.14. The lowest BCUT2D eigenvalue weighted by Crippen LogP contribution is -2.07. The molecule has 0 aliphatic heterocycles. The van der Waals surface area contributed by atoms with E-state index in [-0.39, 0.29) is 0 Å². The van der Waals surface area contributed by atoms with Crippen LogP contribution in [0.25, 0.3) is 0 Å². The third-order valence-electron chi connectivity index (χ3n) is 3.15. The molecule has 0 bridgehead atoms. The van der Waals surface area contributed by atoms with E-state index in [0.29, 0.717) is 29.6 Å². The number of aromatic nitrogens is 2. The van der Waals surface area contributed by atoms with Crippen LogP contribution in [-0.4, -0.2) is 31.1 Å². The summed E-state index contributed by atoms with van der Waals surface area (Å²) in [6.45, 7) is 2.40. The van der Waals surface area contributed by atoms with Gasteiger partial charge in [-0.25, -0.2) is 4.68 Å². The molecule has 0 unspecified atom stereocenters. The molecular formula is C14H18BrN3O3. The first-order valence-corrected chi connectivity index (χ1v) is 7.08. The van der Waals surface area contributed by atoms with Crippen molar-refractivity contribution < 1.29 is 14.2 Å². The van der Waals surface area contributed by atoms with Crippen molar-refractivity contribution in [2.24, 2.45) is 0 Å². The smallest absolute Gasteiger partial charge is 0.203 e. The zero-order valence-electron chi connectivity index (χ0n) is 12.4. The van der Waals surface area contributed by atoms with Crippen molar-refractivity contribution >= 4 is 21.7 Å². The Morgan fingerprint density at radius 1 is 1.14 bits per heavy atom. The molecule has 0 aliphatic rings. The van der Waals surface area contributed by atoms with Crippen molar-refractivity contribution in [3.8, 4) is 17.2 Å². The molecular weight excluding hydrogens is 338 g/mol. The van der Waals surface area contributed by atoms with Crippen LogP contribution in [0.15, 0.2) is 16.6 Å². The molecule has 2 aromatic rings. The van der Waals surface area contributed by atoms with E-state index in [0.717, 1.165) is 15.7 Å². The number of rotatable bonds is 5. The lowest BCUT2D eigenvalue weighted by molar-refractivity contribution is 0.323. The molecule has 1 aromatic heterocycles. The van der Waals surface area contributed by atoms with Gasteiger partial charge in [0.2, 0.25) is 5.75 Å². The van der Waals surface area contributed by atoms with E-state index in [1.54, 1.807) is 26.0 Å². The van der Waals surface area contributed by atoms with E-state index in [2.05, 4.69) is 21.0 Å². The van der Waals surface area contributed by atoms with E-state index in [9.17, 15) is 0 Å². The number of nitrogen functional groups attached to an aromatic ring is 1. The number of halogens is 1. The van der Waals surface area contributed by atoms with Gasteiger partial charge in [0.1, 0.15) is 5.82 Å². The number of aryl methyl sites for hydroxylation is 1. The topological polar surface area (TPSA) is 71.5 Å². The molecule has 2 rings (SSSR count). The zero-order valence-corrected chi connectivity index (χ0v) is 14.0. The Bertz CT molecular complexity index is 630. The quantitative estimate of drug-likeness (QED) is 0.892. The maximum atomic E-state index is 6.01. The van der Waals surface area contributed by atoms with Crippen LogP contribution in [-0.2, 0) is 6.54 Å². The van der Waals surface area contributed by atoms with E-state index in [1.807, 2.05) is 19.1 Å². The normalized spacial score (nSPS) is 10.5. The lowest BCUT2D eigenvalue weighted by atomic mass is 10.2. The fraction of sp³-hybridized carbons (Fsp3) is 0.357. The second kappa shape index (κ2) is 6.26. The Labute approximate surface area is 131 Å². The van der Waals surface area contributed by atoms with Crippen molar-refractivity contribution in [3.63, 3.8) is 0 Å². The summed E-state index contributed by atoms with van der Waals surface area (Å²) in [6.07, 6.45) is 0.